The third-order valence-electron chi connectivity index (χ3n) is 3.38. The smallest absolute Gasteiger partial charge is 0.270 e. The molecule has 0 aliphatic heterocycles. The summed E-state index contributed by atoms with van der Waals surface area (Å²) in [7, 11) is 3.92. The molecule has 6 heteroatoms. The van der Waals surface area contributed by atoms with Gasteiger partial charge in [-0.3, -0.25) is 4.79 Å². The Morgan fingerprint density at radius 1 is 1.22 bits per heavy atom. The molecule has 0 unspecified atom stereocenters. The molecular formula is C17H23N5O. The van der Waals surface area contributed by atoms with Crippen molar-refractivity contribution in [1.82, 2.24) is 20.2 Å². The summed E-state index contributed by atoms with van der Waals surface area (Å²) >= 11 is 0. The van der Waals surface area contributed by atoms with Crippen LogP contribution in [0.25, 0.3) is 0 Å². The SMILES string of the molecule is CCc1ccccc1Nc1nccc(C(=O)NCCN(C)C)n1. The first-order valence-electron chi connectivity index (χ1n) is 7.71. The Kier molecular flexibility index (Phi) is 6.05. The number of para-hydroxylation sites is 1. The molecule has 0 aliphatic carbocycles. The third kappa shape index (κ3) is 5.03. The summed E-state index contributed by atoms with van der Waals surface area (Å²) in [5.74, 6) is 0.229. The van der Waals surface area contributed by atoms with E-state index < -0.39 is 0 Å². The second-order valence-corrected chi connectivity index (χ2v) is 5.46. The van der Waals surface area contributed by atoms with Gasteiger partial charge in [0.2, 0.25) is 5.95 Å². The van der Waals surface area contributed by atoms with Crippen molar-refractivity contribution in [3.05, 3.63) is 47.8 Å². The monoisotopic (exact) mass is 313 g/mol. The van der Waals surface area contributed by atoms with Crippen molar-refractivity contribution in [2.45, 2.75) is 13.3 Å². The van der Waals surface area contributed by atoms with Gasteiger partial charge in [-0.05, 0) is 38.2 Å². The maximum absolute atomic E-state index is 12.1. The van der Waals surface area contributed by atoms with Crippen LogP contribution in [0.1, 0.15) is 23.0 Å². The number of carbonyl (C=O) groups excluding carboxylic acids is 1. The fraction of sp³-hybridized carbons (Fsp3) is 0.353. The largest absolute Gasteiger partial charge is 0.349 e. The van der Waals surface area contributed by atoms with Crippen LogP contribution in [0.3, 0.4) is 0 Å². The van der Waals surface area contributed by atoms with E-state index in [0.717, 1.165) is 18.7 Å². The highest BCUT2D eigenvalue weighted by molar-refractivity contribution is 5.92. The number of hydrogen-bond acceptors (Lipinski definition) is 5. The van der Waals surface area contributed by atoms with Crippen LogP contribution in [-0.4, -0.2) is 48.0 Å². The van der Waals surface area contributed by atoms with E-state index in [1.165, 1.54) is 5.56 Å². The normalized spacial score (nSPS) is 10.6. The van der Waals surface area contributed by atoms with Crippen molar-refractivity contribution in [3.63, 3.8) is 0 Å². The first kappa shape index (κ1) is 16.9. The first-order chi connectivity index (χ1) is 11.1. The number of hydrogen-bond donors (Lipinski definition) is 2. The number of aromatic nitrogens is 2. The Labute approximate surface area is 137 Å². The molecule has 1 heterocycles. The minimum absolute atomic E-state index is 0.193. The number of likely N-dealkylation sites (N-methyl/N-ethyl adjacent to an activating group) is 1. The molecule has 6 nitrogen and oxygen atoms in total. The topological polar surface area (TPSA) is 70.2 Å². The van der Waals surface area contributed by atoms with Crippen LogP contribution < -0.4 is 10.6 Å². The number of nitrogens with zero attached hydrogens (tertiary/aromatic N) is 3. The lowest BCUT2D eigenvalue weighted by Crippen LogP contribution is -2.31. The van der Waals surface area contributed by atoms with Gasteiger partial charge in [-0.15, -0.1) is 0 Å². The molecule has 0 fully saturated rings. The average Bonchev–Trinajstić information content (AvgIpc) is 2.55. The summed E-state index contributed by atoms with van der Waals surface area (Å²) in [4.78, 5) is 22.6. The Morgan fingerprint density at radius 2 is 2.00 bits per heavy atom. The van der Waals surface area contributed by atoms with Crippen molar-refractivity contribution >= 4 is 17.5 Å². The maximum Gasteiger partial charge on any atom is 0.270 e. The van der Waals surface area contributed by atoms with E-state index in [-0.39, 0.29) is 5.91 Å². The number of nitrogens with one attached hydrogen (secondary N) is 2. The Bertz CT molecular complexity index is 657. The van der Waals surface area contributed by atoms with Gasteiger partial charge < -0.3 is 15.5 Å². The fourth-order valence-electron chi connectivity index (χ4n) is 2.10. The molecule has 0 saturated carbocycles. The number of anilines is 2. The molecule has 0 radical (unpaired) electrons. The molecule has 2 aromatic rings. The van der Waals surface area contributed by atoms with Crippen LogP contribution in [-0.2, 0) is 6.42 Å². The zero-order valence-electron chi connectivity index (χ0n) is 13.8. The Balaban J connectivity index is 2.06. The van der Waals surface area contributed by atoms with E-state index in [0.29, 0.717) is 18.2 Å². The lowest BCUT2D eigenvalue weighted by Gasteiger charge is -2.11. The Hall–Kier alpha value is -2.47. The van der Waals surface area contributed by atoms with Crippen LogP contribution in [0.2, 0.25) is 0 Å². The van der Waals surface area contributed by atoms with Gasteiger partial charge in [-0.1, -0.05) is 25.1 Å². The molecule has 1 aromatic heterocycles. The molecule has 122 valence electrons. The van der Waals surface area contributed by atoms with E-state index in [1.54, 1.807) is 12.3 Å². The van der Waals surface area contributed by atoms with Crippen molar-refractivity contribution < 1.29 is 4.79 Å². The van der Waals surface area contributed by atoms with Gasteiger partial charge in [-0.2, -0.15) is 0 Å². The summed E-state index contributed by atoms with van der Waals surface area (Å²) in [6, 6.07) is 9.60. The maximum atomic E-state index is 12.1. The summed E-state index contributed by atoms with van der Waals surface area (Å²) in [6.07, 6.45) is 2.50. The molecular weight excluding hydrogens is 290 g/mol. The van der Waals surface area contributed by atoms with Crippen LogP contribution >= 0.6 is 0 Å². The standard InChI is InChI=1S/C17H23N5O/c1-4-13-7-5-6-8-14(13)20-17-19-10-9-15(21-17)16(23)18-11-12-22(2)3/h5-10H,4,11-12H2,1-3H3,(H,18,23)(H,19,20,21). The van der Waals surface area contributed by atoms with Crippen LogP contribution in [0.4, 0.5) is 11.6 Å². The molecule has 2 N–H and O–H groups in total. The molecule has 1 amide bonds. The van der Waals surface area contributed by atoms with E-state index in [2.05, 4.69) is 33.6 Å². The average molecular weight is 313 g/mol. The van der Waals surface area contributed by atoms with Crippen molar-refractivity contribution in [1.29, 1.82) is 0 Å². The highest BCUT2D eigenvalue weighted by Crippen LogP contribution is 2.18. The molecule has 23 heavy (non-hydrogen) atoms. The van der Waals surface area contributed by atoms with E-state index in [9.17, 15) is 4.79 Å². The van der Waals surface area contributed by atoms with E-state index in [4.69, 9.17) is 0 Å². The molecule has 0 aliphatic rings. The zero-order chi connectivity index (χ0) is 16.7. The number of carbonyl (C=O) groups is 1. The molecule has 1 aromatic carbocycles. The molecule has 0 saturated heterocycles. The van der Waals surface area contributed by atoms with Gasteiger partial charge in [0.15, 0.2) is 0 Å². The number of amides is 1. The lowest BCUT2D eigenvalue weighted by atomic mass is 10.1. The Morgan fingerprint density at radius 3 is 2.74 bits per heavy atom. The molecule has 0 spiro atoms. The summed E-state index contributed by atoms with van der Waals surface area (Å²) in [5, 5.41) is 6.03. The summed E-state index contributed by atoms with van der Waals surface area (Å²) < 4.78 is 0. The van der Waals surface area contributed by atoms with Crippen LogP contribution in [0, 0.1) is 0 Å². The van der Waals surface area contributed by atoms with Gasteiger partial charge >= 0.3 is 0 Å². The predicted octanol–water partition coefficient (Wildman–Crippen LogP) is 2.07. The molecule has 0 bridgehead atoms. The van der Waals surface area contributed by atoms with Gasteiger partial charge in [-0.25, -0.2) is 9.97 Å². The highest BCUT2D eigenvalue weighted by atomic mass is 16.1. The molecule has 2 rings (SSSR count). The lowest BCUT2D eigenvalue weighted by molar-refractivity contribution is 0.0946. The van der Waals surface area contributed by atoms with Gasteiger partial charge in [0.05, 0.1) is 0 Å². The number of rotatable bonds is 7. The number of aryl methyl sites for hydroxylation is 1. The van der Waals surface area contributed by atoms with E-state index >= 15 is 0 Å². The van der Waals surface area contributed by atoms with Crippen molar-refractivity contribution in [2.24, 2.45) is 0 Å². The van der Waals surface area contributed by atoms with Crippen molar-refractivity contribution in [3.8, 4) is 0 Å². The third-order valence-corrected chi connectivity index (χ3v) is 3.38. The van der Waals surface area contributed by atoms with Crippen LogP contribution in [0.15, 0.2) is 36.5 Å². The fourth-order valence-corrected chi connectivity index (χ4v) is 2.10. The van der Waals surface area contributed by atoms with Gasteiger partial charge in [0.25, 0.3) is 5.91 Å². The van der Waals surface area contributed by atoms with Crippen LogP contribution in [0.5, 0.6) is 0 Å². The second-order valence-electron chi connectivity index (χ2n) is 5.46. The summed E-state index contributed by atoms with van der Waals surface area (Å²) in [5.41, 5.74) is 2.49. The first-order valence-corrected chi connectivity index (χ1v) is 7.71. The predicted molar refractivity (Wildman–Crippen MR) is 92.0 cm³/mol. The quantitative estimate of drug-likeness (QED) is 0.819. The van der Waals surface area contributed by atoms with Crippen molar-refractivity contribution in [2.75, 3.05) is 32.5 Å². The number of benzene rings is 1. The van der Waals surface area contributed by atoms with E-state index in [1.807, 2.05) is 37.2 Å². The molecule has 0 atom stereocenters. The summed E-state index contributed by atoms with van der Waals surface area (Å²) in [6.45, 7) is 3.46. The highest BCUT2D eigenvalue weighted by Gasteiger charge is 2.09. The zero-order valence-corrected chi connectivity index (χ0v) is 13.8. The van der Waals surface area contributed by atoms with Gasteiger partial charge in [0, 0.05) is 25.0 Å². The van der Waals surface area contributed by atoms with Gasteiger partial charge in [0.1, 0.15) is 5.69 Å². The second kappa shape index (κ2) is 8.24. The minimum atomic E-state index is -0.193. The minimum Gasteiger partial charge on any atom is -0.349 e.